The molecule has 17 heavy (non-hydrogen) atoms. The first-order chi connectivity index (χ1) is 8.12. The van der Waals surface area contributed by atoms with Gasteiger partial charge in [0.2, 0.25) is 0 Å². The number of methoxy groups -OCH3 is 1. The maximum Gasteiger partial charge on any atom is 0.335 e. The van der Waals surface area contributed by atoms with Crippen LogP contribution in [0, 0.1) is 0 Å². The minimum atomic E-state index is -0.970. The van der Waals surface area contributed by atoms with Gasteiger partial charge < -0.3 is 14.6 Å². The topological polar surface area (TPSA) is 55.8 Å². The van der Waals surface area contributed by atoms with Crippen molar-refractivity contribution in [2.24, 2.45) is 0 Å². The molecule has 0 fully saturated rings. The summed E-state index contributed by atoms with van der Waals surface area (Å²) in [4.78, 5) is 10.9. The van der Waals surface area contributed by atoms with Crippen molar-refractivity contribution in [3.63, 3.8) is 0 Å². The number of hydrogen-bond donors (Lipinski definition) is 1. The number of carboxylic acids is 1. The number of aromatic carboxylic acids is 1. The maximum atomic E-state index is 10.9. The number of hydrogen-bond acceptors (Lipinski definition) is 3. The fraction of sp³-hybridized carbons (Fsp3) is 0.462. The lowest BCUT2D eigenvalue weighted by Gasteiger charge is -2.18. The third kappa shape index (κ3) is 3.37. The SMILES string of the molecule is CCC(CC)Oc1cc(C(=O)O)ccc1OC. The standard InChI is InChI=1S/C13H18O4/c1-4-10(5-2)17-12-8-9(13(14)15)6-7-11(12)16-3/h6-8,10H,4-5H2,1-3H3,(H,14,15). The summed E-state index contributed by atoms with van der Waals surface area (Å²) in [6.07, 6.45) is 1.82. The molecule has 0 saturated carbocycles. The summed E-state index contributed by atoms with van der Waals surface area (Å²) in [5, 5.41) is 8.93. The third-order valence-corrected chi connectivity index (χ3v) is 2.61. The second-order valence-electron chi connectivity index (χ2n) is 3.73. The lowest BCUT2D eigenvalue weighted by Crippen LogP contribution is -2.14. The van der Waals surface area contributed by atoms with E-state index in [4.69, 9.17) is 14.6 Å². The normalized spacial score (nSPS) is 10.4. The van der Waals surface area contributed by atoms with E-state index in [9.17, 15) is 4.79 Å². The monoisotopic (exact) mass is 238 g/mol. The van der Waals surface area contributed by atoms with E-state index in [0.29, 0.717) is 11.5 Å². The lowest BCUT2D eigenvalue weighted by atomic mass is 10.2. The van der Waals surface area contributed by atoms with Gasteiger partial charge in [-0.3, -0.25) is 0 Å². The molecule has 0 unspecified atom stereocenters. The highest BCUT2D eigenvalue weighted by Crippen LogP contribution is 2.29. The van der Waals surface area contributed by atoms with Crippen LogP contribution in [0.25, 0.3) is 0 Å². The second kappa shape index (κ2) is 6.13. The Labute approximate surface area is 101 Å². The predicted molar refractivity (Wildman–Crippen MR) is 65.0 cm³/mol. The molecule has 0 aromatic heterocycles. The molecule has 0 aliphatic heterocycles. The molecular formula is C13H18O4. The third-order valence-electron chi connectivity index (χ3n) is 2.61. The Bertz CT molecular complexity index is 383. The molecule has 4 heteroatoms. The summed E-state index contributed by atoms with van der Waals surface area (Å²) < 4.78 is 10.9. The zero-order valence-corrected chi connectivity index (χ0v) is 10.4. The van der Waals surface area contributed by atoms with E-state index in [1.54, 1.807) is 6.07 Å². The average Bonchev–Trinajstić information content (AvgIpc) is 2.35. The molecule has 1 rings (SSSR count). The Balaban J connectivity index is 3.01. The van der Waals surface area contributed by atoms with Gasteiger partial charge in [-0.25, -0.2) is 4.79 Å². The van der Waals surface area contributed by atoms with Crippen LogP contribution < -0.4 is 9.47 Å². The maximum absolute atomic E-state index is 10.9. The van der Waals surface area contributed by atoms with E-state index in [0.717, 1.165) is 12.8 Å². The molecule has 0 heterocycles. The van der Waals surface area contributed by atoms with Gasteiger partial charge in [-0.1, -0.05) is 13.8 Å². The fourth-order valence-electron chi connectivity index (χ4n) is 1.54. The van der Waals surface area contributed by atoms with Crippen LogP contribution in [0.15, 0.2) is 18.2 Å². The molecule has 0 amide bonds. The second-order valence-corrected chi connectivity index (χ2v) is 3.73. The highest BCUT2D eigenvalue weighted by molar-refractivity contribution is 5.88. The first-order valence-electron chi connectivity index (χ1n) is 5.70. The molecule has 1 aromatic carbocycles. The molecule has 0 saturated heterocycles. The molecule has 0 atom stereocenters. The molecule has 0 aliphatic rings. The van der Waals surface area contributed by atoms with E-state index >= 15 is 0 Å². The van der Waals surface area contributed by atoms with Crippen molar-refractivity contribution >= 4 is 5.97 Å². The van der Waals surface area contributed by atoms with Crippen LogP contribution in [-0.4, -0.2) is 24.3 Å². The predicted octanol–water partition coefficient (Wildman–Crippen LogP) is 2.96. The first-order valence-corrected chi connectivity index (χ1v) is 5.70. The van der Waals surface area contributed by atoms with Gasteiger partial charge in [-0.05, 0) is 31.0 Å². The van der Waals surface area contributed by atoms with Gasteiger partial charge in [0.1, 0.15) is 0 Å². The van der Waals surface area contributed by atoms with Gasteiger partial charge in [0.25, 0.3) is 0 Å². The van der Waals surface area contributed by atoms with Crippen LogP contribution in [-0.2, 0) is 0 Å². The van der Waals surface area contributed by atoms with Gasteiger partial charge in [-0.2, -0.15) is 0 Å². The quantitative estimate of drug-likeness (QED) is 0.827. The van der Waals surface area contributed by atoms with E-state index in [1.165, 1.54) is 19.2 Å². The molecule has 0 radical (unpaired) electrons. The molecule has 94 valence electrons. The average molecular weight is 238 g/mol. The molecule has 0 bridgehead atoms. The molecule has 4 nitrogen and oxygen atoms in total. The zero-order valence-electron chi connectivity index (χ0n) is 10.4. The van der Waals surface area contributed by atoms with Crippen molar-refractivity contribution in [1.82, 2.24) is 0 Å². The van der Waals surface area contributed by atoms with Crippen LogP contribution in [0.4, 0.5) is 0 Å². The molecule has 1 aromatic rings. The summed E-state index contributed by atoms with van der Waals surface area (Å²) in [6, 6.07) is 4.61. The first kappa shape index (κ1) is 13.4. The Morgan fingerprint density at radius 2 is 1.94 bits per heavy atom. The summed E-state index contributed by atoms with van der Waals surface area (Å²) in [7, 11) is 1.54. The zero-order chi connectivity index (χ0) is 12.8. The Hall–Kier alpha value is -1.71. The summed E-state index contributed by atoms with van der Waals surface area (Å²) in [6.45, 7) is 4.06. The lowest BCUT2D eigenvalue weighted by molar-refractivity contribution is 0.0695. The molecule has 0 spiro atoms. The van der Waals surface area contributed by atoms with Gasteiger partial charge >= 0.3 is 5.97 Å². The van der Waals surface area contributed by atoms with Gasteiger partial charge in [0.05, 0.1) is 18.8 Å². The van der Waals surface area contributed by atoms with Gasteiger partial charge in [0, 0.05) is 0 Å². The van der Waals surface area contributed by atoms with Crippen molar-refractivity contribution in [1.29, 1.82) is 0 Å². The highest BCUT2D eigenvalue weighted by atomic mass is 16.5. The van der Waals surface area contributed by atoms with Crippen LogP contribution >= 0.6 is 0 Å². The van der Waals surface area contributed by atoms with Gasteiger partial charge in [-0.15, -0.1) is 0 Å². The van der Waals surface area contributed by atoms with E-state index < -0.39 is 5.97 Å². The number of benzene rings is 1. The van der Waals surface area contributed by atoms with Crippen LogP contribution in [0.5, 0.6) is 11.5 Å². The minimum Gasteiger partial charge on any atom is -0.493 e. The van der Waals surface area contributed by atoms with Gasteiger partial charge in [0.15, 0.2) is 11.5 Å². The van der Waals surface area contributed by atoms with Crippen molar-refractivity contribution < 1.29 is 19.4 Å². The fourth-order valence-corrected chi connectivity index (χ4v) is 1.54. The van der Waals surface area contributed by atoms with Crippen LogP contribution in [0.1, 0.15) is 37.0 Å². The van der Waals surface area contributed by atoms with Crippen molar-refractivity contribution in [2.45, 2.75) is 32.8 Å². The van der Waals surface area contributed by atoms with Crippen molar-refractivity contribution in [3.05, 3.63) is 23.8 Å². The summed E-state index contributed by atoms with van der Waals surface area (Å²) >= 11 is 0. The van der Waals surface area contributed by atoms with Crippen molar-refractivity contribution in [3.8, 4) is 11.5 Å². The van der Waals surface area contributed by atoms with E-state index in [2.05, 4.69) is 0 Å². The van der Waals surface area contributed by atoms with Crippen LogP contribution in [0.3, 0.4) is 0 Å². The Morgan fingerprint density at radius 3 is 2.41 bits per heavy atom. The summed E-state index contributed by atoms with van der Waals surface area (Å²) in [5.74, 6) is 0.0741. The van der Waals surface area contributed by atoms with E-state index in [-0.39, 0.29) is 11.7 Å². The number of carbonyl (C=O) groups is 1. The number of ether oxygens (including phenoxy) is 2. The van der Waals surface area contributed by atoms with Crippen LogP contribution in [0.2, 0.25) is 0 Å². The Kier molecular flexibility index (Phi) is 4.82. The molecule has 0 aliphatic carbocycles. The molecule has 1 N–H and O–H groups in total. The highest BCUT2D eigenvalue weighted by Gasteiger charge is 2.13. The van der Waals surface area contributed by atoms with E-state index in [1.807, 2.05) is 13.8 Å². The van der Waals surface area contributed by atoms with Crippen molar-refractivity contribution in [2.75, 3.05) is 7.11 Å². The largest absolute Gasteiger partial charge is 0.493 e. The minimum absolute atomic E-state index is 0.0768. The Morgan fingerprint density at radius 1 is 1.29 bits per heavy atom. The molecular weight excluding hydrogens is 220 g/mol. The number of carboxylic acid groups (broad SMARTS) is 1. The number of rotatable bonds is 6. The smallest absolute Gasteiger partial charge is 0.335 e. The summed E-state index contributed by atoms with van der Waals surface area (Å²) in [5.41, 5.74) is 0.201.